The summed E-state index contributed by atoms with van der Waals surface area (Å²) in [5.74, 6) is 1.15. The number of rotatable bonds is 3. The Morgan fingerprint density at radius 1 is 1.13 bits per heavy atom. The summed E-state index contributed by atoms with van der Waals surface area (Å²) in [7, 11) is 0. The zero-order valence-electron chi connectivity index (χ0n) is 12.7. The Hall–Kier alpha value is -2.18. The van der Waals surface area contributed by atoms with Crippen LogP contribution in [0.3, 0.4) is 0 Å². The first kappa shape index (κ1) is 14.4. The third-order valence-electron chi connectivity index (χ3n) is 4.20. The molecule has 1 fully saturated rings. The number of nitrogens with one attached hydrogen (secondary N) is 1. The maximum absolute atomic E-state index is 12.3. The van der Waals surface area contributed by atoms with Crippen LogP contribution in [0.1, 0.15) is 15.5 Å². The van der Waals surface area contributed by atoms with Crippen LogP contribution in [0, 0.1) is 0 Å². The van der Waals surface area contributed by atoms with E-state index < -0.39 is 0 Å². The summed E-state index contributed by atoms with van der Waals surface area (Å²) in [5.41, 5.74) is 2.09. The van der Waals surface area contributed by atoms with Gasteiger partial charge in [-0.05, 0) is 23.6 Å². The summed E-state index contributed by atoms with van der Waals surface area (Å²) in [6.07, 6.45) is 0. The van der Waals surface area contributed by atoms with Gasteiger partial charge in [0.15, 0.2) is 0 Å². The highest BCUT2D eigenvalue weighted by Crippen LogP contribution is 2.16. The molecule has 0 radical (unpaired) electrons. The molecule has 1 aliphatic heterocycles. The Bertz CT molecular complexity index is 770. The minimum Gasteiger partial charge on any atom is -0.341 e. The zero-order chi connectivity index (χ0) is 15.6. The van der Waals surface area contributed by atoms with Gasteiger partial charge in [-0.1, -0.05) is 18.2 Å². The quantitative estimate of drug-likeness (QED) is 0.805. The molecule has 6 heteroatoms. The van der Waals surface area contributed by atoms with E-state index in [0.717, 1.165) is 54.5 Å². The van der Waals surface area contributed by atoms with Crippen molar-refractivity contribution in [2.24, 2.45) is 0 Å². The number of benzene rings is 1. The molecule has 5 nitrogen and oxygen atoms in total. The van der Waals surface area contributed by atoms with E-state index in [4.69, 9.17) is 0 Å². The first-order valence-electron chi connectivity index (χ1n) is 7.78. The van der Waals surface area contributed by atoms with Gasteiger partial charge in [-0.3, -0.25) is 9.69 Å². The SMILES string of the molecule is O=C(c1cccs1)N1CCN(Cc2nc3ccccc3[nH]2)CC1. The number of aromatic nitrogens is 2. The van der Waals surface area contributed by atoms with Gasteiger partial charge in [-0.15, -0.1) is 11.3 Å². The zero-order valence-corrected chi connectivity index (χ0v) is 13.6. The van der Waals surface area contributed by atoms with E-state index in [1.54, 1.807) is 0 Å². The van der Waals surface area contributed by atoms with E-state index >= 15 is 0 Å². The second-order valence-electron chi connectivity index (χ2n) is 5.75. The topological polar surface area (TPSA) is 52.2 Å². The summed E-state index contributed by atoms with van der Waals surface area (Å²) >= 11 is 1.51. The number of carbonyl (C=O) groups excluding carboxylic acids is 1. The molecule has 0 atom stereocenters. The van der Waals surface area contributed by atoms with Gasteiger partial charge in [0, 0.05) is 26.2 Å². The largest absolute Gasteiger partial charge is 0.341 e. The van der Waals surface area contributed by atoms with Crippen LogP contribution in [0.25, 0.3) is 11.0 Å². The van der Waals surface area contributed by atoms with Gasteiger partial charge in [-0.2, -0.15) is 0 Å². The van der Waals surface area contributed by atoms with Crippen LogP contribution < -0.4 is 0 Å². The van der Waals surface area contributed by atoms with E-state index in [1.165, 1.54) is 11.3 Å². The summed E-state index contributed by atoms with van der Waals surface area (Å²) in [6.45, 7) is 4.12. The lowest BCUT2D eigenvalue weighted by atomic mass is 10.3. The average molecular weight is 326 g/mol. The minimum atomic E-state index is 0.156. The molecule has 1 aromatic carbocycles. The van der Waals surface area contributed by atoms with Crippen LogP contribution in [0.15, 0.2) is 41.8 Å². The molecule has 1 saturated heterocycles. The molecule has 0 bridgehead atoms. The van der Waals surface area contributed by atoms with Crippen molar-refractivity contribution in [2.75, 3.05) is 26.2 Å². The number of hydrogen-bond acceptors (Lipinski definition) is 4. The minimum absolute atomic E-state index is 0.156. The van der Waals surface area contributed by atoms with Crippen molar-refractivity contribution >= 4 is 28.3 Å². The Kier molecular flexibility index (Phi) is 3.85. The lowest BCUT2D eigenvalue weighted by Gasteiger charge is -2.34. The van der Waals surface area contributed by atoms with E-state index in [1.807, 2.05) is 46.7 Å². The standard InChI is InChI=1S/C17H18N4OS/c22-17(15-6-3-11-23-15)21-9-7-20(8-10-21)12-16-18-13-4-1-2-5-14(13)19-16/h1-6,11H,7-10,12H2,(H,18,19). The number of fused-ring (bicyclic) bond motifs is 1. The van der Waals surface area contributed by atoms with Crippen molar-refractivity contribution in [3.8, 4) is 0 Å². The molecule has 0 aliphatic carbocycles. The van der Waals surface area contributed by atoms with E-state index in [0.29, 0.717) is 0 Å². The maximum Gasteiger partial charge on any atom is 0.264 e. The second kappa shape index (κ2) is 6.14. The van der Waals surface area contributed by atoms with E-state index in [2.05, 4.69) is 14.9 Å². The highest BCUT2D eigenvalue weighted by molar-refractivity contribution is 7.12. The van der Waals surface area contributed by atoms with E-state index in [-0.39, 0.29) is 5.91 Å². The van der Waals surface area contributed by atoms with Crippen molar-refractivity contribution in [1.29, 1.82) is 0 Å². The predicted molar refractivity (Wildman–Crippen MR) is 91.6 cm³/mol. The fourth-order valence-electron chi connectivity index (χ4n) is 2.96. The van der Waals surface area contributed by atoms with Gasteiger partial charge in [0.25, 0.3) is 5.91 Å². The van der Waals surface area contributed by atoms with Crippen molar-refractivity contribution in [3.05, 3.63) is 52.5 Å². The number of hydrogen-bond donors (Lipinski definition) is 1. The highest BCUT2D eigenvalue weighted by atomic mass is 32.1. The first-order chi connectivity index (χ1) is 11.3. The van der Waals surface area contributed by atoms with Crippen LogP contribution >= 0.6 is 11.3 Å². The smallest absolute Gasteiger partial charge is 0.264 e. The summed E-state index contributed by atoms with van der Waals surface area (Å²) in [4.78, 5) is 25.5. The number of nitrogens with zero attached hydrogens (tertiary/aromatic N) is 3. The molecule has 4 rings (SSSR count). The molecule has 1 aliphatic rings. The third-order valence-corrected chi connectivity index (χ3v) is 5.06. The third kappa shape index (κ3) is 3.00. The van der Waals surface area contributed by atoms with Crippen molar-refractivity contribution in [3.63, 3.8) is 0 Å². The molecule has 118 valence electrons. The van der Waals surface area contributed by atoms with Gasteiger partial charge < -0.3 is 9.88 Å². The van der Waals surface area contributed by atoms with Gasteiger partial charge in [0.2, 0.25) is 0 Å². The molecule has 1 amide bonds. The molecule has 2 aromatic heterocycles. The van der Waals surface area contributed by atoms with Crippen molar-refractivity contribution in [2.45, 2.75) is 6.54 Å². The predicted octanol–water partition coefficient (Wildman–Crippen LogP) is 2.58. The molecular formula is C17H18N4OS. The first-order valence-corrected chi connectivity index (χ1v) is 8.66. The second-order valence-corrected chi connectivity index (χ2v) is 6.69. The van der Waals surface area contributed by atoms with E-state index in [9.17, 15) is 4.79 Å². The summed E-state index contributed by atoms with van der Waals surface area (Å²) in [6, 6.07) is 11.9. The van der Waals surface area contributed by atoms with Crippen LogP contribution in [0.2, 0.25) is 0 Å². The number of thiophene rings is 1. The number of imidazole rings is 1. The molecular weight excluding hydrogens is 308 g/mol. The monoisotopic (exact) mass is 326 g/mol. The highest BCUT2D eigenvalue weighted by Gasteiger charge is 2.23. The molecule has 3 heterocycles. The van der Waals surface area contributed by atoms with Gasteiger partial charge in [0.1, 0.15) is 5.82 Å². The average Bonchev–Trinajstić information content (AvgIpc) is 3.24. The van der Waals surface area contributed by atoms with Crippen LogP contribution in [0.4, 0.5) is 0 Å². The molecule has 0 saturated carbocycles. The fourth-order valence-corrected chi connectivity index (χ4v) is 3.65. The Morgan fingerprint density at radius 2 is 1.96 bits per heavy atom. The summed E-state index contributed by atoms with van der Waals surface area (Å²) in [5, 5.41) is 1.95. The number of aromatic amines is 1. The molecule has 23 heavy (non-hydrogen) atoms. The maximum atomic E-state index is 12.3. The molecule has 3 aromatic rings. The van der Waals surface area contributed by atoms with Crippen molar-refractivity contribution in [1.82, 2.24) is 19.8 Å². The Balaban J connectivity index is 1.37. The number of carbonyl (C=O) groups is 1. The number of H-pyrrole nitrogens is 1. The Morgan fingerprint density at radius 3 is 2.70 bits per heavy atom. The van der Waals surface area contributed by atoms with Gasteiger partial charge in [0.05, 0.1) is 22.5 Å². The summed E-state index contributed by atoms with van der Waals surface area (Å²) < 4.78 is 0. The molecule has 1 N–H and O–H groups in total. The number of piperazine rings is 1. The number of para-hydroxylation sites is 2. The number of amides is 1. The lowest BCUT2D eigenvalue weighted by Crippen LogP contribution is -2.48. The lowest BCUT2D eigenvalue weighted by molar-refractivity contribution is 0.0630. The van der Waals surface area contributed by atoms with Crippen LogP contribution in [-0.2, 0) is 6.54 Å². The van der Waals surface area contributed by atoms with Crippen LogP contribution in [0.5, 0.6) is 0 Å². The van der Waals surface area contributed by atoms with Gasteiger partial charge >= 0.3 is 0 Å². The van der Waals surface area contributed by atoms with Crippen molar-refractivity contribution < 1.29 is 4.79 Å². The van der Waals surface area contributed by atoms with Gasteiger partial charge in [-0.25, -0.2) is 4.98 Å². The normalized spacial score (nSPS) is 16.1. The molecule has 0 unspecified atom stereocenters. The fraction of sp³-hybridized carbons (Fsp3) is 0.294. The Labute approximate surface area is 138 Å². The van der Waals surface area contributed by atoms with Crippen LogP contribution in [-0.4, -0.2) is 51.9 Å². The molecule has 0 spiro atoms.